The average molecular weight is 311 g/mol. The standard InChI is InChI=1S/C11H9N3O4S2/c15-11(13-9-10(19)20-6-12-9)18-5-7-1-3-8(4-2-7)14(16)17/h1-4,6,19H,5H2,(H,13,15). The van der Waals surface area contributed by atoms with Crippen LogP contribution in [0.15, 0.2) is 34.0 Å². The molecular formula is C11H9N3O4S2. The molecule has 0 radical (unpaired) electrons. The number of benzene rings is 1. The Morgan fingerprint density at radius 3 is 2.70 bits per heavy atom. The fourth-order valence-corrected chi connectivity index (χ4v) is 2.05. The lowest BCUT2D eigenvalue weighted by Gasteiger charge is -2.05. The Morgan fingerprint density at radius 2 is 2.15 bits per heavy atom. The second-order valence-electron chi connectivity index (χ2n) is 3.63. The lowest BCUT2D eigenvalue weighted by molar-refractivity contribution is -0.384. The third kappa shape index (κ3) is 3.68. The van der Waals surface area contributed by atoms with Crippen LogP contribution in [0, 0.1) is 10.1 Å². The zero-order valence-corrected chi connectivity index (χ0v) is 11.7. The lowest BCUT2D eigenvalue weighted by atomic mass is 10.2. The van der Waals surface area contributed by atoms with E-state index in [4.69, 9.17) is 4.74 Å². The molecule has 9 heteroatoms. The quantitative estimate of drug-likeness (QED) is 0.514. The van der Waals surface area contributed by atoms with Crippen molar-refractivity contribution in [3.05, 3.63) is 45.5 Å². The van der Waals surface area contributed by atoms with Crippen LogP contribution in [0.25, 0.3) is 0 Å². The van der Waals surface area contributed by atoms with Gasteiger partial charge in [-0.15, -0.1) is 24.0 Å². The first-order chi connectivity index (χ1) is 9.56. The third-order valence-electron chi connectivity index (χ3n) is 2.29. The molecule has 0 saturated carbocycles. The molecule has 0 fully saturated rings. The number of anilines is 1. The van der Waals surface area contributed by atoms with E-state index in [1.807, 2.05) is 0 Å². The SMILES string of the molecule is O=C(Nc1ncsc1S)OCc1ccc([N+](=O)[O-])cc1. The van der Waals surface area contributed by atoms with Gasteiger partial charge in [0.15, 0.2) is 5.82 Å². The molecule has 1 aromatic heterocycles. The van der Waals surface area contributed by atoms with Gasteiger partial charge in [-0.2, -0.15) is 0 Å². The summed E-state index contributed by atoms with van der Waals surface area (Å²) in [6.07, 6.45) is -0.662. The van der Waals surface area contributed by atoms with E-state index >= 15 is 0 Å². The molecule has 0 aliphatic rings. The van der Waals surface area contributed by atoms with Crippen LogP contribution < -0.4 is 5.32 Å². The normalized spacial score (nSPS) is 10.1. The van der Waals surface area contributed by atoms with Crippen molar-refractivity contribution in [1.82, 2.24) is 4.98 Å². The van der Waals surface area contributed by atoms with Gasteiger partial charge >= 0.3 is 6.09 Å². The summed E-state index contributed by atoms with van der Waals surface area (Å²) in [5.74, 6) is 0.340. The van der Waals surface area contributed by atoms with Crippen LogP contribution in [-0.4, -0.2) is 16.0 Å². The fraction of sp³-hybridized carbons (Fsp3) is 0.0909. The van der Waals surface area contributed by atoms with E-state index in [2.05, 4.69) is 22.9 Å². The second kappa shape index (κ2) is 6.35. The Kier molecular flexibility index (Phi) is 4.53. The number of rotatable bonds is 4. The summed E-state index contributed by atoms with van der Waals surface area (Å²) >= 11 is 5.40. The van der Waals surface area contributed by atoms with Gasteiger partial charge in [0.2, 0.25) is 0 Å². The van der Waals surface area contributed by atoms with Crippen molar-refractivity contribution in [1.29, 1.82) is 0 Å². The van der Waals surface area contributed by atoms with E-state index in [9.17, 15) is 14.9 Å². The fourth-order valence-electron chi connectivity index (χ4n) is 1.32. The van der Waals surface area contributed by atoms with E-state index in [1.165, 1.54) is 35.6 Å². The van der Waals surface area contributed by atoms with Crippen LogP contribution in [0.4, 0.5) is 16.3 Å². The van der Waals surface area contributed by atoms with Gasteiger partial charge in [-0.1, -0.05) is 0 Å². The van der Waals surface area contributed by atoms with Gasteiger partial charge < -0.3 is 4.74 Å². The van der Waals surface area contributed by atoms with Crippen molar-refractivity contribution >= 4 is 41.6 Å². The van der Waals surface area contributed by atoms with E-state index < -0.39 is 11.0 Å². The number of amides is 1. The predicted molar refractivity (Wildman–Crippen MR) is 76.3 cm³/mol. The first kappa shape index (κ1) is 14.3. The van der Waals surface area contributed by atoms with Gasteiger partial charge in [-0.3, -0.25) is 15.4 Å². The highest BCUT2D eigenvalue weighted by Gasteiger charge is 2.09. The van der Waals surface area contributed by atoms with Crippen molar-refractivity contribution in [2.75, 3.05) is 5.32 Å². The number of hydrogen-bond donors (Lipinski definition) is 2. The van der Waals surface area contributed by atoms with E-state index in [-0.39, 0.29) is 12.3 Å². The molecule has 0 aliphatic carbocycles. The number of thiol groups is 1. The Bertz CT molecular complexity index is 627. The van der Waals surface area contributed by atoms with Gasteiger partial charge in [0.25, 0.3) is 5.69 Å². The van der Waals surface area contributed by atoms with Gasteiger partial charge in [0.05, 0.1) is 10.4 Å². The predicted octanol–water partition coefficient (Wildman–Crippen LogP) is 3.09. The van der Waals surface area contributed by atoms with Crippen molar-refractivity contribution in [3.63, 3.8) is 0 Å². The van der Waals surface area contributed by atoms with Gasteiger partial charge in [-0.25, -0.2) is 9.78 Å². The van der Waals surface area contributed by atoms with E-state index in [0.717, 1.165) is 0 Å². The third-order valence-corrected chi connectivity index (χ3v) is 3.44. The first-order valence-corrected chi connectivity index (χ1v) is 6.68. The summed E-state index contributed by atoms with van der Waals surface area (Å²) in [5.41, 5.74) is 2.18. The first-order valence-electron chi connectivity index (χ1n) is 5.36. The highest BCUT2D eigenvalue weighted by Crippen LogP contribution is 2.22. The van der Waals surface area contributed by atoms with Crippen LogP contribution in [-0.2, 0) is 11.3 Å². The Balaban J connectivity index is 1.87. The summed E-state index contributed by atoms with van der Waals surface area (Å²) in [7, 11) is 0. The summed E-state index contributed by atoms with van der Waals surface area (Å²) in [4.78, 5) is 25.4. The largest absolute Gasteiger partial charge is 0.444 e. The van der Waals surface area contributed by atoms with Crippen molar-refractivity contribution in [3.8, 4) is 0 Å². The van der Waals surface area contributed by atoms with Crippen molar-refractivity contribution < 1.29 is 14.5 Å². The summed E-state index contributed by atoms with van der Waals surface area (Å²) in [5, 5.41) is 12.9. The summed E-state index contributed by atoms with van der Waals surface area (Å²) < 4.78 is 5.55. The van der Waals surface area contributed by atoms with Gasteiger partial charge in [-0.05, 0) is 17.7 Å². The van der Waals surface area contributed by atoms with Crippen LogP contribution in [0.1, 0.15) is 5.56 Å². The number of non-ortho nitro benzene ring substituents is 1. The number of carbonyl (C=O) groups is 1. The summed E-state index contributed by atoms with van der Waals surface area (Å²) in [6, 6.07) is 5.75. The highest BCUT2D eigenvalue weighted by molar-refractivity contribution is 7.83. The molecule has 1 aromatic carbocycles. The van der Waals surface area contributed by atoms with Crippen LogP contribution in [0.3, 0.4) is 0 Å². The van der Waals surface area contributed by atoms with Crippen LogP contribution >= 0.6 is 24.0 Å². The molecule has 1 amide bonds. The number of ether oxygens (including phenoxy) is 1. The molecule has 104 valence electrons. The molecule has 2 rings (SSSR count). The molecule has 1 heterocycles. The minimum Gasteiger partial charge on any atom is -0.444 e. The molecule has 0 saturated heterocycles. The Hall–Kier alpha value is -2.13. The molecule has 0 aliphatic heterocycles. The smallest absolute Gasteiger partial charge is 0.413 e. The summed E-state index contributed by atoms with van der Waals surface area (Å²) in [6.45, 7) is 0.00979. The topological polar surface area (TPSA) is 94.4 Å². The number of thiazole rings is 1. The lowest BCUT2D eigenvalue weighted by Crippen LogP contribution is -2.14. The van der Waals surface area contributed by atoms with Crippen molar-refractivity contribution in [2.24, 2.45) is 0 Å². The minimum absolute atomic E-state index is 0.00979. The Morgan fingerprint density at radius 1 is 1.45 bits per heavy atom. The minimum atomic E-state index is -0.662. The molecule has 0 spiro atoms. The molecule has 0 atom stereocenters. The van der Waals surface area contributed by atoms with Gasteiger partial charge in [0, 0.05) is 12.1 Å². The molecule has 0 unspecified atom stereocenters. The molecule has 2 aromatic rings. The molecule has 0 bridgehead atoms. The monoisotopic (exact) mass is 311 g/mol. The Labute approximate surface area is 123 Å². The van der Waals surface area contributed by atoms with Gasteiger partial charge in [0.1, 0.15) is 10.8 Å². The van der Waals surface area contributed by atoms with E-state index in [0.29, 0.717) is 15.6 Å². The number of nitrogens with one attached hydrogen (secondary N) is 1. The number of hydrogen-bond acceptors (Lipinski definition) is 7. The van der Waals surface area contributed by atoms with Crippen LogP contribution in [0.5, 0.6) is 0 Å². The zero-order chi connectivity index (χ0) is 14.5. The maximum absolute atomic E-state index is 11.5. The maximum atomic E-state index is 11.5. The highest BCUT2D eigenvalue weighted by atomic mass is 32.2. The van der Waals surface area contributed by atoms with E-state index in [1.54, 1.807) is 5.51 Å². The number of aromatic nitrogens is 1. The van der Waals surface area contributed by atoms with Crippen molar-refractivity contribution in [2.45, 2.75) is 10.8 Å². The molecule has 7 nitrogen and oxygen atoms in total. The number of carbonyl (C=O) groups excluding carboxylic acids is 1. The molecular weight excluding hydrogens is 302 g/mol. The zero-order valence-electron chi connectivity index (χ0n) is 9.98. The second-order valence-corrected chi connectivity index (χ2v) is 5.24. The average Bonchev–Trinajstić information content (AvgIpc) is 2.82. The number of nitrogens with zero attached hydrogens (tertiary/aromatic N) is 2. The molecule has 20 heavy (non-hydrogen) atoms. The molecule has 1 N–H and O–H groups in total. The number of nitro benzene ring substituents is 1. The van der Waals surface area contributed by atoms with Crippen LogP contribution in [0.2, 0.25) is 0 Å². The maximum Gasteiger partial charge on any atom is 0.413 e. The number of nitro groups is 1.